The first-order valence-electron chi connectivity index (χ1n) is 5.98. The standard InChI is InChI=1S/C13H14F2N4O/c1-7(2)10-12(19-16)17-6-18-13(10)20-9-5-3-4-8(14)11(9)15/h3-7H,16H2,1-2H3,(H,17,18,19). The molecular formula is C13H14F2N4O. The first-order chi connectivity index (χ1) is 9.54. The summed E-state index contributed by atoms with van der Waals surface area (Å²) in [5.41, 5.74) is 3.01. The van der Waals surface area contributed by atoms with E-state index in [1.165, 1.54) is 18.5 Å². The van der Waals surface area contributed by atoms with Crippen molar-refractivity contribution in [2.24, 2.45) is 5.84 Å². The maximum atomic E-state index is 13.6. The Labute approximate surface area is 114 Å². The van der Waals surface area contributed by atoms with Gasteiger partial charge in [0.1, 0.15) is 6.33 Å². The van der Waals surface area contributed by atoms with Crippen molar-refractivity contribution in [3.05, 3.63) is 41.7 Å². The first-order valence-corrected chi connectivity index (χ1v) is 5.98. The molecule has 0 bridgehead atoms. The lowest BCUT2D eigenvalue weighted by Crippen LogP contribution is -2.13. The van der Waals surface area contributed by atoms with Crippen molar-refractivity contribution in [3.8, 4) is 11.6 Å². The number of halogens is 2. The highest BCUT2D eigenvalue weighted by atomic mass is 19.2. The van der Waals surface area contributed by atoms with Gasteiger partial charge in [-0.1, -0.05) is 19.9 Å². The molecule has 0 radical (unpaired) electrons. The summed E-state index contributed by atoms with van der Waals surface area (Å²) >= 11 is 0. The van der Waals surface area contributed by atoms with Crippen LogP contribution in [0.15, 0.2) is 24.5 Å². The van der Waals surface area contributed by atoms with Gasteiger partial charge in [0.05, 0.1) is 5.56 Å². The van der Waals surface area contributed by atoms with Crippen molar-refractivity contribution in [2.45, 2.75) is 19.8 Å². The van der Waals surface area contributed by atoms with Gasteiger partial charge >= 0.3 is 0 Å². The van der Waals surface area contributed by atoms with Crippen LogP contribution < -0.4 is 16.0 Å². The number of anilines is 1. The molecule has 106 valence electrons. The predicted molar refractivity (Wildman–Crippen MR) is 70.4 cm³/mol. The second-order valence-corrected chi connectivity index (χ2v) is 4.39. The van der Waals surface area contributed by atoms with Gasteiger partial charge in [0, 0.05) is 0 Å². The zero-order valence-corrected chi connectivity index (χ0v) is 11.0. The Kier molecular flexibility index (Phi) is 4.09. The molecule has 1 aromatic carbocycles. The van der Waals surface area contributed by atoms with Gasteiger partial charge in [-0.2, -0.15) is 4.39 Å². The lowest BCUT2D eigenvalue weighted by atomic mass is 10.1. The summed E-state index contributed by atoms with van der Waals surface area (Å²) in [4.78, 5) is 7.92. The van der Waals surface area contributed by atoms with Crippen molar-refractivity contribution < 1.29 is 13.5 Å². The molecule has 0 amide bonds. The van der Waals surface area contributed by atoms with Crippen LogP contribution >= 0.6 is 0 Å². The molecule has 2 rings (SSSR count). The normalized spacial score (nSPS) is 10.7. The van der Waals surface area contributed by atoms with Gasteiger partial charge in [-0.3, -0.25) is 0 Å². The number of hydrogen-bond donors (Lipinski definition) is 2. The van der Waals surface area contributed by atoms with Gasteiger partial charge in [0.25, 0.3) is 0 Å². The van der Waals surface area contributed by atoms with Crippen molar-refractivity contribution >= 4 is 5.82 Å². The first kappa shape index (κ1) is 14.1. The maximum Gasteiger partial charge on any atom is 0.228 e. The van der Waals surface area contributed by atoms with E-state index in [0.717, 1.165) is 6.07 Å². The van der Waals surface area contributed by atoms with E-state index in [0.29, 0.717) is 11.4 Å². The monoisotopic (exact) mass is 280 g/mol. The van der Waals surface area contributed by atoms with Crippen LogP contribution in [0.3, 0.4) is 0 Å². The molecule has 0 saturated carbocycles. The smallest absolute Gasteiger partial charge is 0.228 e. The molecule has 1 heterocycles. The molecule has 3 N–H and O–H groups in total. The average Bonchev–Trinajstić information content (AvgIpc) is 2.43. The molecule has 2 aromatic rings. The van der Waals surface area contributed by atoms with E-state index in [9.17, 15) is 8.78 Å². The number of benzene rings is 1. The molecular weight excluding hydrogens is 266 g/mol. The Bertz CT molecular complexity index is 619. The van der Waals surface area contributed by atoms with Gasteiger partial charge in [-0.25, -0.2) is 20.2 Å². The number of hydrogen-bond acceptors (Lipinski definition) is 5. The van der Waals surface area contributed by atoms with Crippen LogP contribution in [0, 0.1) is 11.6 Å². The van der Waals surface area contributed by atoms with E-state index in [1.54, 1.807) is 0 Å². The summed E-state index contributed by atoms with van der Waals surface area (Å²) in [6.45, 7) is 3.77. The molecule has 20 heavy (non-hydrogen) atoms. The van der Waals surface area contributed by atoms with Crippen molar-refractivity contribution in [1.29, 1.82) is 0 Å². The molecule has 1 aromatic heterocycles. The summed E-state index contributed by atoms with van der Waals surface area (Å²) in [6.07, 6.45) is 1.23. The van der Waals surface area contributed by atoms with Crippen molar-refractivity contribution in [1.82, 2.24) is 9.97 Å². The largest absolute Gasteiger partial charge is 0.435 e. The van der Waals surface area contributed by atoms with Gasteiger partial charge in [0.2, 0.25) is 11.7 Å². The number of nitrogen functional groups attached to an aromatic ring is 1. The average molecular weight is 280 g/mol. The molecule has 7 heteroatoms. The molecule has 0 unspecified atom stereocenters. The fourth-order valence-electron chi connectivity index (χ4n) is 1.76. The van der Waals surface area contributed by atoms with Gasteiger partial charge < -0.3 is 10.2 Å². The number of nitrogens with zero attached hydrogens (tertiary/aromatic N) is 2. The fraction of sp³-hybridized carbons (Fsp3) is 0.231. The number of nitrogens with one attached hydrogen (secondary N) is 1. The van der Waals surface area contributed by atoms with E-state index in [2.05, 4.69) is 15.4 Å². The Balaban J connectivity index is 2.46. The van der Waals surface area contributed by atoms with E-state index in [-0.39, 0.29) is 17.5 Å². The number of ether oxygens (including phenoxy) is 1. The number of hydrazine groups is 1. The molecule has 0 saturated heterocycles. The minimum absolute atomic E-state index is 0.0196. The third-order valence-electron chi connectivity index (χ3n) is 2.68. The van der Waals surface area contributed by atoms with Crippen LogP contribution in [0.5, 0.6) is 11.6 Å². The lowest BCUT2D eigenvalue weighted by Gasteiger charge is -2.15. The highest BCUT2D eigenvalue weighted by molar-refractivity contribution is 5.50. The third kappa shape index (κ3) is 2.67. The van der Waals surface area contributed by atoms with E-state index in [4.69, 9.17) is 10.6 Å². The zero-order valence-electron chi connectivity index (χ0n) is 11.0. The molecule has 0 aliphatic heterocycles. The summed E-state index contributed by atoms with van der Waals surface area (Å²) in [5.74, 6) is 3.57. The summed E-state index contributed by atoms with van der Waals surface area (Å²) < 4.78 is 32.1. The lowest BCUT2D eigenvalue weighted by molar-refractivity contribution is 0.399. The Hall–Kier alpha value is -2.28. The summed E-state index contributed by atoms with van der Waals surface area (Å²) in [5, 5.41) is 0. The summed E-state index contributed by atoms with van der Waals surface area (Å²) in [7, 11) is 0. The van der Waals surface area contributed by atoms with E-state index in [1.807, 2.05) is 13.8 Å². The molecule has 0 atom stereocenters. The Morgan fingerprint density at radius 3 is 2.65 bits per heavy atom. The van der Waals surface area contributed by atoms with Crippen molar-refractivity contribution in [2.75, 3.05) is 5.43 Å². The third-order valence-corrected chi connectivity index (χ3v) is 2.68. The zero-order chi connectivity index (χ0) is 14.7. The predicted octanol–water partition coefficient (Wildman–Crippen LogP) is 2.96. The highest BCUT2D eigenvalue weighted by Crippen LogP contribution is 2.33. The van der Waals surface area contributed by atoms with Gasteiger partial charge in [-0.05, 0) is 18.1 Å². The highest BCUT2D eigenvalue weighted by Gasteiger charge is 2.18. The van der Waals surface area contributed by atoms with Gasteiger partial charge in [-0.15, -0.1) is 0 Å². The molecule has 0 aliphatic carbocycles. The van der Waals surface area contributed by atoms with E-state index >= 15 is 0 Å². The van der Waals surface area contributed by atoms with Crippen LogP contribution in [-0.2, 0) is 0 Å². The van der Waals surface area contributed by atoms with Crippen molar-refractivity contribution in [3.63, 3.8) is 0 Å². The second kappa shape index (κ2) is 5.79. The minimum atomic E-state index is -1.07. The van der Waals surface area contributed by atoms with E-state index < -0.39 is 11.6 Å². The molecule has 5 nitrogen and oxygen atoms in total. The molecule has 0 spiro atoms. The van der Waals surface area contributed by atoms with Crippen LogP contribution in [0.25, 0.3) is 0 Å². The minimum Gasteiger partial charge on any atom is -0.435 e. The quantitative estimate of drug-likeness (QED) is 0.665. The fourth-order valence-corrected chi connectivity index (χ4v) is 1.76. The van der Waals surface area contributed by atoms with Crippen LogP contribution in [-0.4, -0.2) is 9.97 Å². The number of aromatic nitrogens is 2. The maximum absolute atomic E-state index is 13.6. The topological polar surface area (TPSA) is 73.1 Å². The Morgan fingerprint density at radius 1 is 1.25 bits per heavy atom. The van der Waals surface area contributed by atoms with Crippen LogP contribution in [0.2, 0.25) is 0 Å². The molecule has 0 fully saturated rings. The molecule has 0 aliphatic rings. The summed E-state index contributed by atoms with van der Waals surface area (Å²) in [6, 6.07) is 3.69. The Morgan fingerprint density at radius 2 is 2.00 bits per heavy atom. The SMILES string of the molecule is CC(C)c1c(NN)ncnc1Oc1cccc(F)c1F. The van der Waals surface area contributed by atoms with Crippen LogP contribution in [0.1, 0.15) is 25.3 Å². The van der Waals surface area contributed by atoms with Crippen LogP contribution in [0.4, 0.5) is 14.6 Å². The number of rotatable bonds is 4. The van der Waals surface area contributed by atoms with Gasteiger partial charge in [0.15, 0.2) is 17.4 Å². The second-order valence-electron chi connectivity index (χ2n) is 4.39. The number of nitrogens with two attached hydrogens (primary N) is 1.